The van der Waals surface area contributed by atoms with Gasteiger partial charge < -0.3 is 4.74 Å². The van der Waals surface area contributed by atoms with E-state index in [1.807, 2.05) is 30.3 Å². The Balaban J connectivity index is 1.87. The number of hydrazine groups is 1. The van der Waals surface area contributed by atoms with Gasteiger partial charge in [0.05, 0.1) is 13.2 Å². The summed E-state index contributed by atoms with van der Waals surface area (Å²) in [5, 5.41) is 0. The van der Waals surface area contributed by atoms with Gasteiger partial charge in [0.2, 0.25) is 0 Å². The predicted molar refractivity (Wildman–Crippen MR) is 75.7 cm³/mol. The number of aromatic nitrogens is 1. The Morgan fingerprint density at radius 3 is 2.75 bits per heavy atom. The van der Waals surface area contributed by atoms with Crippen molar-refractivity contribution >= 4 is 5.91 Å². The van der Waals surface area contributed by atoms with E-state index in [0.717, 1.165) is 17.7 Å². The summed E-state index contributed by atoms with van der Waals surface area (Å²) < 4.78 is 5.60. The summed E-state index contributed by atoms with van der Waals surface area (Å²) in [6.45, 7) is 0.923. The average molecular weight is 271 g/mol. The fourth-order valence-electron chi connectivity index (χ4n) is 1.85. The molecule has 0 spiro atoms. The van der Waals surface area contributed by atoms with Crippen LogP contribution in [0.5, 0.6) is 0 Å². The van der Waals surface area contributed by atoms with Crippen LogP contribution in [0.1, 0.15) is 21.6 Å². The van der Waals surface area contributed by atoms with Crippen LogP contribution in [-0.2, 0) is 17.8 Å². The van der Waals surface area contributed by atoms with E-state index in [9.17, 15) is 4.79 Å². The number of carbonyl (C=O) groups is 1. The molecule has 1 aromatic carbocycles. The molecule has 0 aliphatic heterocycles. The molecule has 104 valence electrons. The molecule has 1 amide bonds. The number of nitrogen functional groups attached to an aromatic ring is 1. The standard InChI is InChI=1S/C15H17N3O2/c16-18-15(19)14-7-2-1-5-12(14)11-20-10-8-13-6-3-4-9-17-13/h1-7,9H,8,10-11,16H2,(H,18,19). The summed E-state index contributed by atoms with van der Waals surface area (Å²) in [7, 11) is 0. The second-order valence-electron chi connectivity index (χ2n) is 4.25. The van der Waals surface area contributed by atoms with Gasteiger partial charge >= 0.3 is 0 Å². The number of hydrogen-bond donors (Lipinski definition) is 2. The summed E-state index contributed by atoms with van der Waals surface area (Å²) >= 11 is 0. The van der Waals surface area contributed by atoms with Crippen molar-refractivity contribution in [1.82, 2.24) is 10.4 Å². The Labute approximate surface area is 117 Å². The molecular formula is C15H17N3O2. The first-order valence-electron chi connectivity index (χ1n) is 6.38. The lowest BCUT2D eigenvalue weighted by Crippen LogP contribution is -2.30. The normalized spacial score (nSPS) is 10.2. The number of nitrogens with one attached hydrogen (secondary N) is 1. The monoisotopic (exact) mass is 271 g/mol. The summed E-state index contributed by atoms with van der Waals surface area (Å²) in [4.78, 5) is 15.8. The van der Waals surface area contributed by atoms with Crippen LogP contribution in [0.25, 0.3) is 0 Å². The van der Waals surface area contributed by atoms with Crippen molar-refractivity contribution < 1.29 is 9.53 Å². The maximum atomic E-state index is 11.6. The van der Waals surface area contributed by atoms with Crippen LogP contribution in [0.4, 0.5) is 0 Å². The molecule has 1 aromatic heterocycles. The van der Waals surface area contributed by atoms with Gasteiger partial charge in [-0.3, -0.25) is 15.2 Å². The number of pyridine rings is 1. The molecular weight excluding hydrogens is 254 g/mol. The third-order valence-corrected chi connectivity index (χ3v) is 2.88. The Morgan fingerprint density at radius 1 is 1.20 bits per heavy atom. The highest BCUT2D eigenvalue weighted by Gasteiger charge is 2.09. The number of nitrogens with zero attached hydrogens (tertiary/aromatic N) is 1. The molecule has 0 unspecified atom stereocenters. The van der Waals surface area contributed by atoms with E-state index < -0.39 is 0 Å². The van der Waals surface area contributed by atoms with E-state index in [-0.39, 0.29) is 5.91 Å². The molecule has 5 heteroatoms. The molecule has 0 aliphatic carbocycles. The maximum absolute atomic E-state index is 11.6. The van der Waals surface area contributed by atoms with Crippen LogP contribution in [0.2, 0.25) is 0 Å². The van der Waals surface area contributed by atoms with Crippen molar-refractivity contribution in [3.63, 3.8) is 0 Å². The Hall–Kier alpha value is -2.24. The molecule has 2 rings (SSSR count). The van der Waals surface area contributed by atoms with Crippen LogP contribution in [0.3, 0.4) is 0 Å². The van der Waals surface area contributed by atoms with E-state index >= 15 is 0 Å². The van der Waals surface area contributed by atoms with Gasteiger partial charge in [0.15, 0.2) is 0 Å². The molecule has 0 fully saturated rings. The topological polar surface area (TPSA) is 77.2 Å². The van der Waals surface area contributed by atoms with E-state index in [1.165, 1.54) is 0 Å². The van der Waals surface area contributed by atoms with E-state index in [1.54, 1.807) is 18.3 Å². The predicted octanol–water partition coefficient (Wildman–Crippen LogP) is 1.44. The highest BCUT2D eigenvalue weighted by molar-refractivity contribution is 5.95. The number of carbonyl (C=O) groups excluding carboxylic acids is 1. The van der Waals surface area contributed by atoms with Crippen molar-refractivity contribution in [1.29, 1.82) is 0 Å². The zero-order valence-electron chi connectivity index (χ0n) is 11.1. The largest absolute Gasteiger partial charge is 0.376 e. The van der Waals surface area contributed by atoms with Crippen molar-refractivity contribution in [3.05, 3.63) is 65.5 Å². The zero-order valence-corrected chi connectivity index (χ0v) is 11.1. The van der Waals surface area contributed by atoms with Crippen molar-refractivity contribution in [3.8, 4) is 0 Å². The molecule has 5 nitrogen and oxygen atoms in total. The Bertz CT molecular complexity index is 558. The van der Waals surface area contributed by atoms with Crippen molar-refractivity contribution in [2.45, 2.75) is 13.0 Å². The molecule has 1 heterocycles. The van der Waals surface area contributed by atoms with Gasteiger partial charge in [0.1, 0.15) is 0 Å². The second-order valence-corrected chi connectivity index (χ2v) is 4.25. The molecule has 0 radical (unpaired) electrons. The molecule has 0 bridgehead atoms. The summed E-state index contributed by atoms with van der Waals surface area (Å²) in [6, 6.07) is 13.0. The summed E-state index contributed by atoms with van der Waals surface area (Å²) in [5.41, 5.74) is 4.47. The average Bonchev–Trinajstić information content (AvgIpc) is 2.52. The highest BCUT2D eigenvalue weighted by atomic mass is 16.5. The quantitative estimate of drug-likeness (QED) is 0.361. The Kier molecular flexibility index (Phi) is 5.23. The van der Waals surface area contributed by atoms with Crippen LogP contribution in [0, 0.1) is 0 Å². The van der Waals surface area contributed by atoms with Gasteiger partial charge in [-0.25, -0.2) is 5.84 Å². The SMILES string of the molecule is NNC(=O)c1ccccc1COCCc1ccccn1. The fourth-order valence-corrected chi connectivity index (χ4v) is 1.85. The first-order chi connectivity index (χ1) is 9.81. The lowest BCUT2D eigenvalue weighted by molar-refractivity contribution is 0.0940. The van der Waals surface area contributed by atoms with Crippen LogP contribution in [-0.4, -0.2) is 17.5 Å². The first kappa shape index (κ1) is 14.2. The van der Waals surface area contributed by atoms with Gasteiger partial charge in [-0.15, -0.1) is 0 Å². The minimum Gasteiger partial charge on any atom is -0.376 e. The number of hydrogen-bond acceptors (Lipinski definition) is 4. The van der Waals surface area contributed by atoms with Crippen LogP contribution in [0.15, 0.2) is 48.7 Å². The lowest BCUT2D eigenvalue weighted by atomic mass is 10.1. The molecule has 20 heavy (non-hydrogen) atoms. The van der Waals surface area contributed by atoms with Gasteiger partial charge in [-0.05, 0) is 23.8 Å². The lowest BCUT2D eigenvalue weighted by Gasteiger charge is -2.08. The maximum Gasteiger partial charge on any atom is 0.265 e. The zero-order chi connectivity index (χ0) is 14.2. The van der Waals surface area contributed by atoms with Crippen LogP contribution < -0.4 is 11.3 Å². The van der Waals surface area contributed by atoms with Crippen molar-refractivity contribution in [2.75, 3.05) is 6.61 Å². The first-order valence-corrected chi connectivity index (χ1v) is 6.38. The molecule has 0 saturated heterocycles. The number of nitrogens with two attached hydrogens (primary N) is 1. The second kappa shape index (κ2) is 7.37. The molecule has 0 aliphatic rings. The molecule has 0 saturated carbocycles. The van der Waals surface area contributed by atoms with Crippen LogP contribution >= 0.6 is 0 Å². The fraction of sp³-hybridized carbons (Fsp3) is 0.200. The minimum atomic E-state index is -0.311. The minimum absolute atomic E-state index is 0.311. The molecule has 3 N–H and O–H groups in total. The third kappa shape index (κ3) is 3.88. The number of amides is 1. The summed E-state index contributed by atoms with van der Waals surface area (Å²) in [5.74, 6) is 4.84. The molecule has 2 aromatic rings. The van der Waals surface area contributed by atoms with Gasteiger partial charge in [-0.1, -0.05) is 24.3 Å². The number of benzene rings is 1. The van der Waals surface area contributed by atoms with E-state index in [2.05, 4.69) is 10.4 Å². The number of ether oxygens (including phenoxy) is 1. The Morgan fingerprint density at radius 2 is 2.00 bits per heavy atom. The molecule has 0 atom stereocenters. The van der Waals surface area contributed by atoms with E-state index in [4.69, 9.17) is 10.6 Å². The van der Waals surface area contributed by atoms with Gasteiger partial charge in [0, 0.05) is 23.9 Å². The van der Waals surface area contributed by atoms with E-state index in [0.29, 0.717) is 18.8 Å². The van der Waals surface area contributed by atoms with Gasteiger partial charge in [0.25, 0.3) is 5.91 Å². The van der Waals surface area contributed by atoms with Crippen molar-refractivity contribution in [2.24, 2.45) is 5.84 Å². The summed E-state index contributed by atoms with van der Waals surface area (Å²) in [6.07, 6.45) is 2.50. The third-order valence-electron chi connectivity index (χ3n) is 2.88. The van der Waals surface area contributed by atoms with Gasteiger partial charge in [-0.2, -0.15) is 0 Å². The number of rotatable bonds is 6. The smallest absolute Gasteiger partial charge is 0.265 e. The highest BCUT2D eigenvalue weighted by Crippen LogP contribution is 2.10.